The van der Waals surface area contributed by atoms with Crippen molar-refractivity contribution >= 4 is 11.6 Å². The molecule has 3 nitrogen and oxygen atoms in total. The molecule has 0 atom stereocenters. The summed E-state index contributed by atoms with van der Waals surface area (Å²) in [6, 6.07) is 8.57. The maximum Gasteiger partial charge on any atom is 0.298 e. The van der Waals surface area contributed by atoms with Gasteiger partial charge >= 0.3 is 0 Å². The molecule has 1 aromatic carbocycles. The van der Waals surface area contributed by atoms with Gasteiger partial charge in [-0.05, 0) is 43.4 Å². The first-order valence-electron chi connectivity index (χ1n) is 7.72. The number of anilines is 1. The van der Waals surface area contributed by atoms with E-state index in [0.29, 0.717) is 6.54 Å². The minimum Gasteiger partial charge on any atom is -0.372 e. The summed E-state index contributed by atoms with van der Waals surface area (Å²) in [5, 5.41) is 0. The molecule has 0 aliphatic carbocycles. The second-order valence-corrected chi connectivity index (χ2v) is 5.60. The second kappa shape index (κ2) is 7.73. The van der Waals surface area contributed by atoms with Crippen LogP contribution in [0.2, 0.25) is 0 Å². The molecular formula is C18H24N2O. The zero-order valence-electron chi connectivity index (χ0n) is 13.1. The minimum absolute atomic E-state index is 0.130. The lowest BCUT2D eigenvalue weighted by molar-refractivity contribution is -0.124. The summed E-state index contributed by atoms with van der Waals surface area (Å²) in [7, 11) is 1.79. The van der Waals surface area contributed by atoms with Crippen molar-refractivity contribution in [2.75, 3.05) is 25.0 Å². The van der Waals surface area contributed by atoms with Crippen molar-refractivity contribution in [3.63, 3.8) is 0 Å². The summed E-state index contributed by atoms with van der Waals surface area (Å²) in [4.78, 5) is 15.8. The zero-order valence-corrected chi connectivity index (χ0v) is 13.1. The highest BCUT2D eigenvalue weighted by Crippen LogP contribution is 2.20. The predicted octanol–water partition coefficient (Wildman–Crippen LogP) is 3.05. The Labute approximate surface area is 127 Å². The SMILES string of the molecule is CC#CC(=O)N(C)Cc1ccc(N2CCCCCC2)cc1. The summed E-state index contributed by atoms with van der Waals surface area (Å²) < 4.78 is 0. The third-order valence-electron chi connectivity index (χ3n) is 3.91. The Bertz CT molecular complexity index is 516. The average Bonchev–Trinajstić information content (AvgIpc) is 2.77. The van der Waals surface area contributed by atoms with Crippen molar-refractivity contribution in [1.29, 1.82) is 0 Å². The van der Waals surface area contributed by atoms with E-state index >= 15 is 0 Å². The van der Waals surface area contributed by atoms with E-state index in [1.165, 1.54) is 31.4 Å². The minimum atomic E-state index is -0.130. The summed E-state index contributed by atoms with van der Waals surface area (Å²) in [6.07, 6.45) is 5.27. The molecule has 1 saturated heterocycles. The molecular weight excluding hydrogens is 260 g/mol. The van der Waals surface area contributed by atoms with Crippen molar-refractivity contribution < 1.29 is 4.79 Å². The highest BCUT2D eigenvalue weighted by atomic mass is 16.2. The van der Waals surface area contributed by atoms with Crippen LogP contribution < -0.4 is 4.90 Å². The van der Waals surface area contributed by atoms with Gasteiger partial charge in [0.15, 0.2) is 0 Å². The first-order chi connectivity index (χ1) is 10.2. The van der Waals surface area contributed by atoms with Gasteiger partial charge in [0.25, 0.3) is 5.91 Å². The van der Waals surface area contributed by atoms with E-state index in [9.17, 15) is 4.79 Å². The maximum absolute atomic E-state index is 11.6. The average molecular weight is 284 g/mol. The molecule has 1 amide bonds. The summed E-state index contributed by atoms with van der Waals surface area (Å²) >= 11 is 0. The van der Waals surface area contributed by atoms with Crippen LogP contribution >= 0.6 is 0 Å². The fraction of sp³-hybridized carbons (Fsp3) is 0.500. The molecule has 3 heteroatoms. The van der Waals surface area contributed by atoms with Crippen LogP contribution in [0.25, 0.3) is 0 Å². The van der Waals surface area contributed by atoms with Crippen LogP contribution in [0.1, 0.15) is 38.2 Å². The molecule has 1 heterocycles. The molecule has 0 radical (unpaired) electrons. The standard InChI is InChI=1S/C18H24N2O/c1-3-8-18(21)19(2)15-16-9-11-17(12-10-16)20-13-6-4-5-7-14-20/h9-12H,4-7,13-15H2,1-2H3. The number of hydrogen-bond acceptors (Lipinski definition) is 2. The third kappa shape index (κ3) is 4.53. The number of rotatable bonds is 3. The van der Waals surface area contributed by atoms with Crippen LogP contribution in [0, 0.1) is 11.8 Å². The van der Waals surface area contributed by atoms with Crippen molar-refractivity contribution in [2.24, 2.45) is 0 Å². The highest BCUT2D eigenvalue weighted by Gasteiger charge is 2.10. The Hall–Kier alpha value is -1.95. The Morgan fingerprint density at radius 3 is 2.33 bits per heavy atom. The Kier molecular flexibility index (Phi) is 5.68. The fourth-order valence-corrected chi connectivity index (χ4v) is 2.69. The first kappa shape index (κ1) is 15.4. The molecule has 21 heavy (non-hydrogen) atoms. The quantitative estimate of drug-likeness (QED) is 0.797. The van der Waals surface area contributed by atoms with E-state index < -0.39 is 0 Å². The van der Waals surface area contributed by atoms with Gasteiger partial charge in [-0.25, -0.2) is 0 Å². The van der Waals surface area contributed by atoms with Crippen molar-refractivity contribution in [2.45, 2.75) is 39.2 Å². The zero-order chi connectivity index (χ0) is 15.1. The maximum atomic E-state index is 11.6. The van der Waals surface area contributed by atoms with Gasteiger partial charge in [0.1, 0.15) is 0 Å². The molecule has 0 aromatic heterocycles. The van der Waals surface area contributed by atoms with Gasteiger partial charge in [-0.1, -0.05) is 30.9 Å². The van der Waals surface area contributed by atoms with E-state index in [0.717, 1.165) is 18.7 Å². The number of benzene rings is 1. The Morgan fingerprint density at radius 1 is 1.14 bits per heavy atom. The van der Waals surface area contributed by atoms with Crippen LogP contribution in [0.3, 0.4) is 0 Å². The van der Waals surface area contributed by atoms with Gasteiger partial charge in [0.2, 0.25) is 0 Å². The van der Waals surface area contributed by atoms with Crippen molar-refractivity contribution in [3.05, 3.63) is 29.8 Å². The Morgan fingerprint density at radius 2 is 1.76 bits per heavy atom. The van der Waals surface area contributed by atoms with Crippen LogP contribution in [-0.4, -0.2) is 30.9 Å². The lowest BCUT2D eigenvalue weighted by Gasteiger charge is -2.23. The third-order valence-corrected chi connectivity index (χ3v) is 3.91. The van der Waals surface area contributed by atoms with E-state index in [2.05, 4.69) is 41.0 Å². The van der Waals surface area contributed by atoms with Crippen molar-refractivity contribution in [3.8, 4) is 11.8 Å². The number of carbonyl (C=O) groups excluding carboxylic acids is 1. The fourth-order valence-electron chi connectivity index (χ4n) is 2.69. The molecule has 1 aliphatic heterocycles. The van der Waals surface area contributed by atoms with Crippen LogP contribution in [0.15, 0.2) is 24.3 Å². The molecule has 2 rings (SSSR count). The molecule has 0 spiro atoms. The molecule has 112 valence electrons. The van der Waals surface area contributed by atoms with Crippen LogP contribution in [0.4, 0.5) is 5.69 Å². The van der Waals surface area contributed by atoms with Gasteiger partial charge in [-0.2, -0.15) is 0 Å². The van der Waals surface area contributed by atoms with Gasteiger partial charge in [0.05, 0.1) is 0 Å². The molecule has 0 bridgehead atoms. The highest BCUT2D eigenvalue weighted by molar-refractivity contribution is 5.93. The van der Waals surface area contributed by atoms with Crippen LogP contribution in [0.5, 0.6) is 0 Å². The monoisotopic (exact) mass is 284 g/mol. The molecule has 0 N–H and O–H groups in total. The number of nitrogens with zero attached hydrogens (tertiary/aromatic N) is 2. The predicted molar refractivity (Wildman–Crippen MR) is 87.0 cm³/mol. The molecule has 1 fully saturated rings. The van der Waals surface area contributed by atoms with E-state index in [-0.39, 0.29) is 5.91 Å². The lowest BCUT2D eigenvalue weighted by atomic mass is 10.1. The number of amides is 1. The van der Waals surface area contributed by atoms with Gasteiger partial charge in [0, 0.05) is 32.4 Å². The topological polar surface area (TPSA) is 23.6 Å². The van der Waals surface area contributed by atoms with E-state index in [1.54, 1.807) is 18.9 Å². The number of carbonyl (C=O) groups is 1. The van der Waals surface area contributed by atoms with E-state index in [4.69, 9.17) is 0 Å². The lowest BCUT2D eigenvalue weighted by Crippen LogP contribution is -2.25. The molecule has 1 aliphatic rings. The molecule has 1 aromatic rings. The molecule has 0 unspecified atom stereocenters. The smallest absolute Gasteiger partial charge is 0.298 e. The Balaban J connectivity index is 1.97. The largest absolute Gasteiger partial charge is 0.372 e. The van der Waals surface area contributed by atoms with Gasteiger partial charge < -0.3 is 9.80 Å². The first-order valence-corrected chi connectivity index (χ1v) is 7.72. The summed E-state index contributed by atoms with van der Waals surface area (Å²) in [5.74, 6) is 5.08. The van der Waals surface area contributed by atoms with Crippen molar-refractivity contribution in [1.82, 2.24) is 4.90 Å². The van der Waals surface area contributed by atoms with Gasteiger partial charge in [-0.15, -0.1) is 0 Å². The summed E-state index contributed by atoms with van der Waals surface area (Å²) in [5.41, 5.74) is 2.44. The summed E-state index contributed by atoms with van der Waals surface area (Å²) in [6.45, 7) is 4.60. The molecule has 0 saturated carbocycles. The number of hydrogen-bond donors (Lipinski definition) is 0. The van der Waals surface area contributed by atoms with Gasteiger partial charge in [-0.3, -0.25) is 4.79 Å². The second-order valence-electron chi connectivity index (χ2n) is 5.60. The normalized spacial score (nSPS) is 14.9. The van der Waals surface area contributed by atoms with Crippen LogP contribution in [-0.2, 0) is 11.3 Å². The van der Waals surface area contributed by atoms with E-state index in [1.807, 2.05) is 0 Å².